The molecule has 2 rings (SSSR count). The van der Waals surface area contributed by atoms with Crippen molar-refractivity contribution in [2.24, 2.45) is 0 Å². The lowest BCUT2D eigenvalue weighted by Crippen LogP contribution is -2.26. The van der Waals surface area contributed by atoms with Crippen LogP contribution in [0.4, 0.5) is 5.69 Å². The van der Waals surface area contributed by atoms with Crippen molar-refractivity contribution in [2.75, 3.05) is 6.54 Å². The quantitative estimate of drug-likeness (QED) is 0.464. The molecule has 1 heterocycles. The molecule has 0 fully saturated rings. The number of hydrogen-bond acceptors (Lipinski definition) is 6. The Kier molecular flexibility index (Phi) is 4.32. The molecule has 0 spiro atoms. The summed E-state index contributed by atoms with van der Waals surface area (Å²) in [4.78, 5) is 23.5. The van der Waals surface area contributed by atoms with Crippen LogP contribution in [0.25, 0.3) is 0 Å². The van der Waals surface area contributed by atoms with E-state index in [0.717, 1.165) is 0 Å². The lowest BCUT2D eigenvalue weighted by molar-refractivity contribution is -0.385. The molecule has 0 aliphatic heterocycles. The standard InChI is InChI=1S/C11H12N6O3/c18-11(9-4-1-2-5-10(9)17(19)20)12-6-3-7-16-14-8-13-15-16/h1-2,4-5,8H,3,6-7H2,(H,12,18). The van der Waals surface area contributed by atoms with E-state index in [1.54, 1.807) is 6.07 Å². The van der Waals surface area contributed by atoms with Gasteiger partial charge in [-0.05, 0) is 17.7 Å². The van der Waals surface area contributed by atoms with Crippen molar-refractivity contribution in [3.05, 3.63) is 46.3 Å². The highest BCUT2D eigenvalue weighted by Crippen LogP contribution is 2.17. The van der Waals surface area contributed by atoms with Crippen LogP contribution in [0.1, 0.15) is 16.8 Å². The van der Waals surface area contributed by atoms with Crippen LogP contribution in [0.15, 0.2) is 30.6 Å². The molecule has 0 aliphatic rings. The summed E-state index contributed by atoms with van der Waals surface area (Å²) in [6.45, 7) is 0.879. The first-order valence-electron chi connectivity index (χ1n) is 5.91. The fourth-order valence-corrected chi connectivity index (χ4v) is 1.63. The highest BCUT2D eigenvalue weighted by Gasteiger charge is 2.18. The molecule has 1 aromatic heterocycles. The zero-order valence-corrected chi connectivity index (χ0v) is 10.5. The van der Waals surface area contributed by atoms with Gasteiger partial charge in [0, 0.05) is 12.6 Å². The van der Waals surface area contributed by atoms with Crippen LogP contribution >= 0.6 is 0 Å². The zero-order chi connectivity index (χ0) is 14.4. The number of nitro benzene ring substituents is 1. The second-order valence-electron chi connectivity index (χ2n) is 3.92. The number of aromatic nitrogens is 4. The molecule has 1 amide bonds. The van der Waals surface area contributed by atoms with Crippen molar-refractivity contribution < 1.29 is 9.72 Å². The average Bonchev–Trinajstić information content (AvgIpc) is 2.96. The van der Waals surface area contributed by atoms with Crippen LogP contribution in [0.5, 0.6) is 0 Å². The van der Waals surface area contributed by atoms with Crippen molar-refractivity contribution >= 4 is 11.6 Å². The normalized spacial score (nSPS) is 10.2. The summed E-state index contributed by atoms with van der Waals surface area (Å²) >= 11 is 0. The van der Waals surface area contributed by atoms with Gasteiger partial charge in [0.25, 0.3) is 11.6 Å². The van der Waals surface area contributed by atoms with Gasteiger partial charge in [-0.25, -0.2) is 0 Å². The topological polar surface area (TPSA) is 116 Å². The lowest BCUT2D eigenvalue weighted by atomic mass is 10.1. The largest absolute Gasteiger partial charge is 0.352 e. The summed E-state index contributed by atoms with van der Waals surface area (Å²) < 4.78 is 0. The Hall–Kier alpha value is -2.84. The van der Waals surface area contributed by atoms with Gasteiger partial charge >= 0.3 is 0 Å². The first-order chi connectivity index (χ1) is 9.68. The summed E-state index contributed by atoms with van der Waals surface area (Å²) in [5.41, 5.74) is -0.153. The number of nitrogens with one attached hydrogen (secondary N) is 1. The van der Waals surface area contributed by atoms with Crippen LogP contribution < -0.4 is 5.32 Å². The van der Waals surface area contributed by atoms with E-state index in [1.165, 1.54) is 29.3 Å². The number of aryl methyl sites for hydroxylation is 1. The molecule has 1 aromatic carbocycles. The minimum atomic E-state index is -0.575. The third-order valence-corrected chi connectivity index (χ3v) is 2.56. The van der Waals surface area contributed by atoms with E-state index < -0.39 is 10.8 Å². The number of para-hydroxylation sites is 1. The van der Waals surface area contributed by atoms with Gasteiger partial charge in [-0.3, -0.25) is 14.9 Å². The lowest BCUT2D eigenvalue weighted by Gasteiger charge is -2.05. The number of carbonyl (C=O) groups is 1. The van der Waals surface area contributed by atoms with Crippen LogP contribution in [-0.4, -0.2) is 37.6 Å². The predicted molar refractivity (Wildman–Crippen MR) is 67.9 cm³/mol. The summed E-state index contributed by atoms with van der Waals surface area (Å²) in [5.74, 6) is -0.469. The molecular weight excluding hydrogens is 264 g/mol. The molecule has 0 bridgehead atoms. The van der Waals surface area contributed by atoms with Crippen molar-refractivity contribution in [1.82, 2.24) is 25.5 Å². The van der Waals surface area contributed by atoms with Crippen LogP contribution in [-0.2, 0) is 6.54 Å². The van der Waals surface area contributed by atoms with E-state index in [-0.39, 0.29) is 11.3 Å². The van der Waals surface area contributed by atoms with Crippen molar-refractivity contribution in [3.63, 3.8) is 0 Å². The van der Waals surface area contributed by atoms with Crippen LogP contribution in [0.2, 0.25) is 0 Å². The van der Waals surface area contributed by atoms with Crippen molar-refractivity contribution in [3.8, 4) is 0 Å². The van der Waals surface area contributed by atoms with E-state index in [0.29, 0.717) is 19.5 Å². The van der Waals surface area contributed by atoms with Gasteiger partial charge in [0.15, 0.2) is 6.33 Å². The molecule has 9 heteroatoms. The smallest absolute Gasteiger partial charge is 0.282 e. The maximum Gasteiger partial charge on any atom is 0.282 e. The molecule has 0 unspecified atom stereocenters. The third-order valence-electron chi connectivity index (χ3n) is 2.56. The molecule has 0 aliphatic carbocycles. The minimum absolute atomic E-state index is 0.0522. The highest BCUT2D eigenvalue weighted by molar-refractivity contribution is 5.98. The van der Waals surface area contributed by atoms with E-state index in [2.05, 4.69) is 20.7 Å². The zero-order valence-electron chi connectivity index (χ0n) is 10.5. The monoisotopic (exact) mass is 276 g/mol. The highest BCUT2D eigenvalue weighted by atomic mass is 16.6. The molecule has 0 atom stereocenters. The molecular formula is C11H12N6O3. The first-order valence-corrected chi connectivity index (χ1v) is 5.91. The van der Waals surface area contributed by atoms with Crippen LogP contribution in [0, 0.1) is 10.1 Å². The van der Waals surface area contributed by atoms with Gasteiger partial charge in [-0.15, -0.1) is 10.2 Å². The van der Waals surface area contributed by atoms with E-state index in [4.69, 9.17) is 0 Å². The maximum absolute atomic E-state index is 11.9. The number of rotatable bonds is 6. The minimum Gasteiger partial charge on any atom is -0.352 e. The predicted octanol–water partition coefficient (Wildman–Crippen LogP) is 0.401. The molecule has 20 heavy (non-hydrogen) atoms. The molecule has 0 radical (unpaired) electrons. The number of amides is 1. The number of benzene rings is 1. The summed E-state index contributed by atoms with van der Waals surface area (Å²) in [6.07, 6.45) is 1.93. The molecule has 104 valence electrons. The molecule has 9 nitrogen and oxygen atoms in total. The Morgan fingerprint density at radius 1 is 1.40 bits per heavy atom. The fourth-order valence-electron chi connectivity index (χ4n) is 1.63. The molecule has 0 saturated carbocycles. The van der Waals surface area contributed by atoms with Gasteiger partial charge in [-0.2, -0.15) is 4.80 Å². The SMILES string of the molecule is O=C(NCCCn1ncnn1)c1ccccc1[N+](=O)[O-]. The number of nitrogens with zero attached hydrogens (tertiary/aromatic N) is 5. The third kappa shape index (κ3) is 3.34. The van der Waals surface area contributed by atoms with E-state index in [9.17, 15) is 14.9 Å². The Morgan fingerprint density at radius 2 is 2.20 bits per heavy atom. The Bertz CT molecular complexity index is 598. The van der Waals surface area contributed by atoms with Crippen molar-refractivity contribution in [1.29, 1.82) is 0 Å². The van der Waals surface area contributed by atoms with Crippen molar-refractivity contribution in [2.45, 2.75) is 13.0 Å². The molecule has 0 saturated heterocycles. The molecule has 2 aromatic rings. The van der Waals surface area contributed by atoms with Gasteiger partial charge in [0.1, 0.15) is 5.56 Å². The second kappa shape index (κ2) is 6.36. The van der Waals surface area contributed by atoms with E-state index >= 15 is 0 Å². The number of nitro groups is 1. The van der Waals surface area contributed by atoms with Gasteiger partial charge in [0.2, 0.25) is 0 Å². The first kappa shape index (κ1) is 13.6. The Balaban J connectivity index is 1.87. The van der Waals surface area contributed by atoms with Gasteiger partial charge in [-0.1, -0.05) is 12.1 Å². The molecule has 1 N–H and O–H groups in total. The van der Waals surface area contributed by atoms with Crippen LogP contribution in [0.3, 0.4) is 0 Å². The number of carbonyl (C=O) groups excluding carboxylic acids is 1. The fraction of sp³-hybridized carbons (Fsp3) is 0.273. The number of hydrogen-bond donors (Lipinski definition) is 1. The van der Waals surface area contributed by atoms with Gasteiger partial charge in [0.05, 0.1) is 11.5 Å². The summed E-state index contributed by atoms with van der Waals surface area (Å²) in [7, 11) is 0. The van der Waals surface area contributed by atoms with E-state index in [1.807, 2.05) is 0 Å². The Labute approximate surface area is 113 Å². The van der Waals surface area contributed by atoms with Gasteiger partial charge < -0.3 is 5.32 Å². The number of tetrazole rings is 1. The summed E-state index contributed by atoms with van der Waals surface area (Å²) in [6, 6.07) is 5.83. The summed E-state index contributed by atoms with van der Waals surface area (Å²) in [5, 5.41) is 24.5. The second-order valence-corrected chi connectivity index (χ2v) is 3.92. The average molecular weight is 276 g/mol. The maximum atomic E-state index is 11.9. The Morgan fingerprint density at radius 3 is 2.90 bits per heavy atom.